The molecule has 3 fully saturated rings. The van der Waals surface area contributed by atoms with Gasteiger partial charge in [0, 0.05) is 24.7 Å². The lowest BCUT2D eigenvalue weighted by molar-refractivity contribution is -0.00348. The van der Waals surface area contributed by atoms with E-state index in [9.17, 15) is 0 Å². The van der Waals surface area contributed by atoms with Crippen molar-refractivity contribution in [1.29, 1.82) is 0 Å². The molecule has 2 heteroatoms. The van der Waals surface area contributed by atoms with Crippen molar-refractivity contribution in [2.75, 3.05) is 19.6 Å². The number of fused-ring (bicyclic) bond motifs is 1. The standard InChI is InChI=1S/C18H34N2/c1-17(2,3)14-8-6-7-9-16(14)20-12-13-10-19-11-15(13)18(20,4)5/h13-16,19H,6-12H2,1-5H3. The monoisotopic (exact) mass is 278 g/mol. The average molecular weight is 278 g/mol. The average Bonchev–Trinajstić information content (AvgIpc) is 2.91. The van der Waals surface area contributed by atoms with Crippen molar-refractivity contribution in [3.8, 4) is 0 Å². The topological polar surface area (TPSA) is 15.3 Å². The van der Waals surface area contributed by atoms with Gasteiger partial charge in [0.25, 0.3) is 0 Å². The summed E-state index contributed by atoms with van der Waals surface area (Å²) in [5.41, 5.74) is 0.844. The van der Waals surface area contributed by atoms with Crippen LogP contribution in [0.3, 0.4) is 0 Å². The molecule has 3 rings (SSSR count). The first kappa shape index (κ1) is 14.8. The van der Waals surface area contributed by atoms with Crippen molar-refractivity contribution in [1.82, 2.24) is 10.2 Å². The Kier molecular flexibility index (Phi) is 3.70. The summed E-state index contributed by atoms with van der Waals surface area (Å²) in [6.07, 6.45) is 5.76. The number of rotatable bonds is 1. The van der Waals surface area contributed by atoms with Gasteiger partial charge < -0.3 is 5.32 Å². The zero-order valence-corrected chi connectivity index (χ0v) is 14.2. The molecule has 0 radical (unpaired) electrons. The number of hydrogen-bond donors (Lipinski definition) is 1. The predicted octanol–water partition coefficient (Wildman–Crippen LogP) is 3.52. The first-order chi connectivity index (χ1) is 9.32. The molecular weight excluding hydrogens is 244 g/mol. The highest BCUT2D eigenvalue weighted by molar-refractivity contribution is 5.08. The summed E-state index contributed by atoms with van der Waals surface area (Å²) in [6, 6.07) is 0.823. The molecule has 2 aliphatic heterocycles. The molecule has 4 unspecified atom stereocenters. The molecule has 0 aromatic heterocycles. The summed E-state index contributed by atoms with van der Waals surface area (Å²) in [6.45, 7) is 16.2. The van der Waals surface area contributed by atoms with Gasteiger partial charge in [-0.1, -0.05) is 33.6 Å². The van der Waals surface area contributed by atoms with E-state index in [0.717, 1.165) is 23.8 Å². The Morgan fingerprint density at radius 1 is 1.05 bits per heavy atom. The van der Waals surface area contributed by atoms with Gasteiger partial charge in [-0.15, -0.1) is 0 Å². The summed E-state index contributed by atoms with van der Waals surface area (Å²) in [4.78, 5) is 2.93. The maximum atomic E-state index is 3.62. The van der Waals surface area contributed by atoms with Gasteiger partial charge in [-0.3, -0.25) is 4.90 Å². The van der Waals surface area contributed by atoms with E-state index in [0.29, 0.717) is 11.0 Å². The van der Waals surface area contributed by atoms with Crippen molar-refractivity contribution in [2.45, 2.75) is 71.9 Å². The van der Waals surface area contributed by atoms with Gasteiger partial charge >= 0.3 is 0 Å². The molecule has 0 bridgehead atoms. The first-order valence-electron chi connectivity index (χ1n) is 8.79. The van der Waals surface area contributed by atoms with Crippen LogP contribution in [0.5, 0.6) is 0 Å². The Hall–Kier alpha value is -0.0800. The van der Waals surface area contributed by atoms with Crippen molar-refractivity contribution in [3.63, 3.8) is 0 Å². The molecule has 0 aromatic rings. The van der Waals surface area contributed by atoms with E-state index in [2.05, 4.69) is 44.8 Å². The lowest BCUT2D eigenvalue weighted by atomic mass is 9.68. The molecular formula is C18H34N2. The quantitative estimate of drug-likeness (QED) is 0.789. The van der Waals surface area contributed by atoms with E-state index < -0.39 is 0 Å². The van der Waals surface area contributed by atoms with Gasteiger partial charge in [-0.05, 0) is 56.4 Å². The largest absolute Gasteiger partial charge is 0.316 e. The fourth-order valence-electron chi connectivity index (χ4n) is 5.51. The van der Waals surface area contributed by atoms with Crippen LogP contribution in [-0.4, -0.2) is 36.1 Å². The first-order valence-corrected chi connectivity index (χ1v) is 8.79. The molecule has 1 N–H and O–H groups in total. The molecule has 1 aliphatic carbocycles. The van der Waals surface area contributed by atoms with Crippen LogP contribution in [0.2, 0.25) is 0 Å². The van der Waals surface area contributed by atoms with Crippen LogP contribution >= 0.6 is 0 Å². The highest BCUT2D eigenvalue weighted by Gasteiger charge is 2.53. The summed E-state index contributed by atoms with van der Waals surface area (Å²) in [5.74, 6) is 2.64. The van der Waals surface area contributed by atoms with E-state index >= 15 is 0 Å². The molecule has 1 saturated carbocycles. The maximum absolute atomic E-state index is 3.62. The highest BCUT2D eigenvalue weighted by Crippen LogP contribution is 2.48. The van der Waals surface area contributed by atoms with Crippen LogP contribution in [0.25, 0.3) is 0 Å². The van der Waals surface area contributed by atoms with E-state index in [1.54, 1.807) is 0 Å². The van der Waals surface area contributed by atoms with E-state index in [1.807, 2.05) is 0 Å². The number of hydrogen-bond acceptors (Lipinski definition) is 2. The second-order valence-corrected chi connectivity index (χ2v) is 9.16. The Morgan fingerprint density at radius 3 is 2.40 bits per heavy atom. The molecule has 20 heavy (non-hydrogen) atoms. The molecule has 3 aliphatic rings. The minimum absolute atomic E-state index is 0.389. The Labute approximate surface area is 125 Å². The van der Waals surface area contributed by atoms with Gasteiger partial charge in [-0.25, -0.2) is 0 Å². The minimum Gasteiger partial charge on any atom is -0.316 e. The van der Waals surface area contributed by atoms with E-state index in [4.69, 9.17) is 0 Å². The second-order valence-electron chi connectivity index (χ2n) is 9.16. The van der Waals surface area contributed by atoms with Crippen molar-refractivity contribution < 1.29 is 0 Å². The summed E-state index contributed by atoms with van der Waals surface area (Å²) in [5, 5.41) is 3.62. The Balaban J connectivity index is 1.83. The summed E-state index contributed by atoms with van der Waals surface area (Å²) < 4.78 is 0. The second kappa shape index (κ2) is 4.98. The van der Waals surface area contributed by atoms with E-state index in [-0.39, 0.29) is 0 Å². The zero-order chi connectivity index (χ0) is 14.5. The number of nitrogens with one attached hydrogen (secondary N) is 1. The summed E-state index contributed by atoms with van der Waals surface area (Å²) >= 11 is 0. The third-order valence-electron chi connectivity index (χ3n) is 6.66. The van der Waals surface area contributed by atoms with Gasteiger partial charge in [0.15, 0.2) is 0 Å². The molecule has 2 nitrogen and oxygen atoms in total. The maximum Gasteiger partial charge on any atom is 0.0200 e. The molecule has 116 valence electrons. The zero-order valence-electron chi connectivity index (χ0n) is 14.2. The van der Waals surface area contributed by atoms with Crippen LogP contribution in [0, 0.1) is 23.2 Å². The van der Waals surface area contributed by atoms with Crippen LogP contribution < -0.4 is 5.32 Å². The fourth-order valence-corrected chi connectivity index (χ4v) is 5.51. The van der Waals surface area contributed by atoms with Gasteiger partial charge in [-0.2, -0.15) is 0 Å². The summed E-state index contributed by atoms with van der Waals surface area (Å²) in [7, 11) is 0. The predicted molar refractivity (Wildman–Crippen MR) is 85.8 cm³/mol. The lowest BCUT2D eigenvalue weighted by Gasteiger charge is -2.50. The number of nitrogens with zero attached hydrogens (tertiary/aromatic N) is 1. The smallest absolute Gasteiger partial charge is 0.0200 e. The van der Waals surface area contributed by atoms with Crippen LogP contribution in [0.1, 0.15) is 60.3 Å². The van der Waals surface area contributed by atoms with Crippen LogP contribution in [0.4, 0.5) is 0 Å². The molecule has 2 heterocycles. The van der Waals surface area contributed by atoms with Crippen LogP contribution in [-0.2, 0) is 0 Å². The third-order valence-corrected chi connectivity index (χ3v) is 6.66. The molecule has 0 amide bonds. The van der Waals surface area contributed by atoms with Crippen LogP contribution in [0.15, 0.2) is 0 Å². The minimum atomic E-state index is 0.389. The highest BCUT2D eigenvalue weighted by atomic mass is 15.3. The van der Waals surface area contributed by atoms with Gasteiger partial charge in [0.2, 0.25) is 0 Å². The van der Waals surface area contributed by atoms with Crippen molar-refractivity contribution >= 4 is 0 Å². The Morgan fingerprint density at radius 2 is 1.75 bits per heavy atom. The SMILES string of the molecule is CC(C)(C)C1CCCCC1N1CC2CNCC2C1(C)C. The van der Waals surface area contributed by atoms with Gasteiger partial charge in [0.05, 0.1) is 0 Å². The molecule has 0 aromatic carbocycles. The van der Waals surface area contributed by atoms with E-state index in [1.165, 1.54) is 45.3 Å². The fraction of sp³-hybridized carbons (Fsp3) is 1.00. The lowest BCUT2D eigenvalue weighted by Crippen LogP contribution is -2.55. The van der Waals surface area contributed by atoms with Gasteiger partial charge in [0.1, 0.15) is 0 Å². The molecule has 4 atom stereocenters. The van der Waals surface area contributed by atoms with Crippen molar-refractivity contribution in [2.24, 2.45) is 23.2 Å². The molecule has 0 spiro atoms. The normalized spacial score (nSPS) is 41.9. The third kappa shape index (κ3) is 2.33. The number of likely N-dealkylation sites (tertiary alicyclic amines) is 1. The molecule has 2 saturated heterocycles. The Bertz CT molecular complexity index is 355. The van der Waals surface area contributed by atoms with Crippen molar-refractivity contribution in [3.05, 3.63) is 0 Å².